The van der Waals surface area contributed by atoms with E-state index in [0.717, 1.165) is 32.1 Å². The first-order valence-electron chi connectivity index (χ1n) is 9.38. The van der Waals surface area contributed by atoms with Gasteiger partial charge >= 0.3 is 0 Å². The predicted octanol–water partition coefficient (Wildman–Crippen LogP) is 3.10. The van der Waals surface area contributed by atoms with Crippen LogP contribution in [0.25, 0.3) is 0 Å². The maximum absolute atomic E-state index is 12.1. The molecule has 0 bridgehead atoms. The number of aliphatic hydroxyl groups is 2. The molecule has 0 amide bonds. The van der Waals surface area contributed by atoms with Gasteiger partial charge in [0.05, 0.1) is 12.2 Å². The van der Waals surface area contributed by atoms with Gasteiger partial charge < -0.3 is 10.2 Å². The van der Waals surface area contributed by atoms with Crippen molar-refractivity contribution in [2.45, 2.75) is 71.5 Å². The lowest BCUT2D eigenvalue weighted by atomic mass is 9.46. The van der Waals surface area contributed by atoms with Gasteiger partial charge in [-0.3, -0.25) is 4.79 Å². The molecule has 4 rings (SSSR count). The van der Waals surface area contributed by atoms with Crippen molar-refractivity contribution >= 4 is 5.78 Å². The fourth-order valence-electron chi connectivity index (χ4n) is 6.84. The van der Waals surface area contributed by atoms with E-state index in [9.17, 15) is 15.0 Å². The van der Waals surface area contributed by atoms with Crippen molar-refractivity contribution in [3.8, 4) is 0 Å². The molecular weight excluding hydrogens is 288 g/mol. The molecule has 8 atom stereocenters. The largest absolute Gasteiger partial charge is 0.393 e. The van der Waals surface area contributed by atoms with Gasteiger partial charge in [-0.05, 0) is 73.2 Å². The van der Waals surface area contributed by atoms with E-state index in [-0.39, 0.29) is 40.7 Å². The van der Waals surface area contributed by atoms with E-state index in [1.807, 2.05) is 13.0 Å². The SMILES string of the molecule is C[C@@H]1C[C@@]2(C)C(=CC1=O)C[C@H](O)[C@H]1[C@@H]3CC[C@H](O)[C@@]3(C)CC[C@@H]12. The van der Waals surface area contributed by atoms with Crippen molar-refractivity contribution in [1.29, 1.82) is 0 Å². The van der Waals surface area contributed by atoms with Gasteiger partial charge in [-0.1, -0.05) is 26.3 Å². The average molecular weight is 318 g/mol. The second-order valence-corrected chi connectivity index (χ2v) is 9.29. The normalized spacial score (nSPS) is 55.7. The van der Waals surface area contributed by atoms with E-state index < -0.39 is 0 Å². The zero-order chi connectivity index (χ0) is 16.6. The van der Waals surface area contributed by atoms with E-state index in [0.29, 0.717) is 18.3 Å². The number of hydrogen-bond acceptors (Lipinski definition) is 3. The van der Waals surface area contributed by atoms with Crippen LogP contribution in [0.1, 0.15) is 59.3 Å². The second-order valence-electron chi connectivity index (χ2n) is 9.29. The van der Waals surface area contributed by atoms with Gasteiger partial charge in [0, 0.05) is 5.92 Å². The van der Waals surface area contributed by atoms with E-state index in [1.54, 1.807) is 0 Å². The number of hydrogen-bond donors (Lipinski definition) is 2. The smallest absolute Gasteiger partial charge is 0.158 e. The van der Waals surface area contributed by atoms with Crippen LogP contribution in [-0.2, 0) is 4.79 Å². The van der Waals surface area contributed by atoms with Crippen LogP contribution in [-0.4, -0.2) is 28.2 Å². The summed E-state index contributed by atoms with van der Waals surface area (Å²) < 4.78 is 0. The van der Waals surface area contributed by atoms with Gasteiger partial charge in [0.25, 0.3) is 0 Å². The van der Waals surface area contributed by atoms with Gasteiger partial charge in [0.2, 0.25) is 0 Å². The van der Waals surface area contributed by atoms with E-state index >= 15 is 0 Å². The summed E-state index contributed by atoms with van der Waals surface area (Å²) >= 11 is 0. The standard InChI is InChI=1S/C20H30O3/c1-11-10-20(3)12(8-15(11)21)9-16(22)18-13-4-5-17(23)19(13,2)7-6-14(18)20/h8,11,13-14,16-18,22-23H,4-7,9-10H2,1-3H3/t11-,13+,14+,16+,17+,18+,19+,20+/m1/s1. The number of carbonyl (C=O) groups excluding carboxylic acids is 1. The molecule has 0 spiro atoms. The molecule has 4 aliphatic carbocycles. The highest BCUT2D eigenvalue weighted by Gasteiger charge is 2.61. The highest BCUT2D eigenvalue weighted by molar-refractivity contribution is 5.93. The summed E-state index contributed by atoms with van der Waals surface area (Å²) in [6, 6.07) is 0. The molecule has 0 aliphatic heterocycles. The number of ketones is 1. The molecule has 0 radical (unpaired) electrons. The maximum atomic E-state index is 12.1. The van der Waals surface area contributed by atoms with E-state index in [4.69, 9.17) is 0 Å². The first kappa shape index (κ1) is 15.8. The lowest BCUT2D eigenvalue weighted by Gasteiger charge is -2.59. The minimum Gasteiger partial charge on any atom is -0.393 e. The Kier molecular flexibility index (Phi) is 3.39. The maximum Gasteiger partial charge on any atom is 0.158 e. The molecule has 0 aromatic carbocycles. The van der Waals surface area contributed by atoms with E-state index in [2.05, 4.69) is 13.8 Å². The van der Waals surface area contributed by atoms with Crippen LogP contribution in [0.4, 0.5) is 0 Å². The molecule has 23 heavy (non-hydrogen) atoms. The third-order valence-corrected chi connectivity index (χ3v) is 8.24. The van der Waals surface area contributed by atoms with Crippen molar-refractivity contribution in [2.75, 3.05) is 0 Å². The zero-order valence-corrected chi connectivity index (χ0v) is 14.6. The summed E-state index contributed by atoms with van der Waals surface area (Å²) in [6.45, 7) is 6.62. The van der Waals surface area contributed by atoms with Crippen LogP contribution < -0.4 is 0 Å². The highest BCUT2D eigenvalue weighted by Crippen LogP contribution is 2.65. The van der Waals surface area contributed by atoms with Crippen LogP contribution in [0.3, 0.4) is 0 Å². The lowest BCUT2D eigenvalue weighted by molar-refractivity contribution is -0.131. The summed E-state index contributed by atoms with van der Waals surface area (Å²) in [5.74, 6) is 1.50. The second kappa shape index (κ2) is 4.92. The fourth-order valence-corrected chi connectivity index (χ4v) is 6.84. The van der Waals surface area contributed by atoms with Gasteiger partial charge in [-0.15, -0.1) is 0 Å². The number of rotatable bonds is 0. The molecule has 128 valence electrons. The highest BCUT2D eigenvalue weighted by atomic mass is 16.3. The molecular formula is C20H30O3. The minimum atomic E-state index is -0.351. The molecule has 0 heterocycles. The van der Waals surface area contributed by atoms with Crippen molar-refractivity contribution in [1.82, 2.24) is 0 Å². The van der Waals surface area contributed by atoms with Gasteiger partial charge in [-0.2, -0.15) is 0 Å². The zero-order valence-electron chi connectivity index (χ0n) is 14.6. The van der Waals surface area contributed by atoms with Gasteiger partial charge in [-0.25, -0.2) is 0 Å². The Bertz CT molecular complexity index is 567. The molecule has 3 saturated carbocycles. The van der Waals surface area contributed by atoms with Crippen LogP contribution in [0.5, 0.6) is 0 Å². The number of aliphatic hydroxyl groups excluding tert-OH is 2. The van der Waals surface area contributed by atoms with Crippen molar-refractivity contribution in [2.24, 2.45) is 34.5 Å². The molecule has 3 fully saturated rings. The third kappa shape index (κ3) is 1.99. The molecule has 0 aromatic heterocycles. The van der Waals surface area contributed by atoms with Gasteiger partial charge in [0.15, 0.2) is 5.78 Å². The topological polar surface area (TPSA) is 57.5 Å². The first-order valence-corrected chi connectivity index (χ1v) is 9.38. The minimum absolute atomic E-state index is 0.0180. The summed E-state index contributed by atoms with van der Waals surface area (Å²) in [5, 5.41) is 21.4. The van der Waals surface area contributed by atoms with E-state index in [1.165, 1.54) is 5.57 Å². The number of carbonyl (C=O) groups is 1. The van der Waals surface area contributed by atoms with Crippen molar-refractivity contribution in [3.63, 3.8) is 0 Å². The Balaban J connectivity index is 1.74. The molecule has 0 saturated heterocycles. The monoisotopic (exact) mass is 318 g/mol. The number of fused-ring (bicyclic) bond motifs is 5. The first-order chi connectivity index (χ1) is 10.8. The fraction of sp³-hybridized carbons (Fsp3) is 0.850. The molecule has 0 aromatic rings. The Morgan fingerprint density at radius 1 is 1.13 bits per heavy atom. The van der Waals surface area contributed by atoms with Gasteiger partial charge in [0.1, 0.15) is 0 Å². The molecule has 0 unspecified atom stereocenters. The van der Waals surface area contributed by atoms with Crippen LogP contribution in [0.15, 0.2) is 11.6 Å². The molecule has 2 N–H and O–H groups in total. The summed E-state index contributed by atoms with van der Waals surface area (Å²) in [6.07, 6.45) is 6.91. The lowest BCUT2D eigenvalue weighted by Crippen LogP contribution is -2.56. The molecule has 3 heteroatoms. The van der Waals surface area contributed by atoms with Crippen molar-refractivity contribution in [3.05, 3.63) is 11.6 Å². The molecule has 4 aliphatic rings. The Morgan fingerprint density at radius 3 is 2.61 bits per heavy atom. The Hall–Kier alpha value is -0.670. The Morgan fingerprint density at radius 2 is 1.87 bits per heavy atom. The average Bonchev–Trinajstić information content (AvgIpc) is 2.78. The molecule has 3 nitrogen and oxygen atoms in total. The van der Waals surface area contributed by atoms with Crippen molar-refractivity contribution < 1.29 is 15.0 Å². The summed E-state index contributed by atoms with van der Waals surface area (Å²) in [4.78, 5) is 12.1. The van der Waals surface area contributed by atoms with Crippen LogP contribution in [0, 0.1) is 34.5 Å². The van der Waals surface area contributed by atoms with Crippen LogP contribution in [0.2, 0.25) is 0 Å². The predicted molar refractivity (Wildman–Crippen MR) is 88.7 cm³/mol. The Labute approximate surface area is 139 Å². The quantitative estimate of drug-likeness (QED) is 0.721. The summed E-state index contributed by atoms with van der Waals surface area (Å²) in [7, 11) is 0. The van der Waals surface area contributed by atoms with Crippen LogP contribution >= 0.6 is 0 Å². The summed E-state index contributed by atoms with van der Waals surface area (Å²) in [5.41, 5.74) is 1.23. The third-order valence-electron chi connectivity index (χ3n) is 8.24.